The minimum Gasteiger partial charge on any atom is -0.331 e. The van der Waals surface area contributed by atoms with Crippen molar-refractivity contribution in [1.29, 1.82) is 0 Å². The molecule has 1 fully saturated rings. The first-order chi connectivity index (χ1) is 10.5. The van der Waals surface area contributed by atoms with Crippen molar-refractivity contribution in [2.75, 3.05) is 40.3 Å². The van der Waals surface area contributed by atoms with Crippen LogP contribution in [0.15, 0.2) is 22.4 Å². The largest absolute Gasteiger partial charge is 0.331 e. The van der Waals surface area contributed by atoms with E-state index in [1.54, 1.807) is 35.7 Å². The van der Waals surface area contributed by atoms with Crippen LogP contribution in [0.3, 0.4) is 0 Å². The Bertz CT molecular complexity index is 730. The van der Waals surface area contributed by atoms with E-state index in [2.05, 4.69) is 9.88 Å². The van der Waals surface area contributed by atoms with Gasteiger partial charge in [0.1, 0.15) is 0 Å². The van der Waals surface area contributed by atoms with Crippen LogP contribution in [0, 0.1) is 0 Å². The van der Waals surface area contributed by atoms with E-state index in [0.29, 0.717) is 19.6 Å². The van der Waals surface area contributed by atoms with Gasteiger partial charge in [-0.15, -0.1) is 11.3 Å². The van der Waals surface area contributed by atoms with Crippen LogP contribution >= 0.6 is 11.3 Å². The number of carbonyl (C=O) groups is 1. The van der Waals surface area contributed by atoms with Gasteiger partial charge in [0.2, 0.25) is 0 Å². The Morgan fingerprint density at radius 2 is 2.05 bits per heavy atom. The number of amides is 2. The average Bonchev–Trinajstić information content (AvgIpc) is 2.96. The minimum absolute atomic E-state index is 0.0392. The lowest BCUT2D eigenvalue weighted by Crippen LogP contribution is -2.51. The van der Waals surface area contributed by atoms with Crippen LogP contribution in [0.1, 0.15) is 5.69 Å². The zero-order chi connectivity index (χ0) is 15.7. The molecule has 1 aliphatic rings. The first-order valence-electron chi connectivity index (χ1n) is 7.19. The lowest BCUT2D eigenvalue weighted by molar-refractivity contribution is 0.119. The van der Waals surface area contributed by atoms with E-state index in [9.17, 15) is 9.59 Å². The summed E-state index contributed by atoms with van der Waals surface area (Å²) < 4.78 is 1.56. The number of rotatable bonds is 2. The van der Waals surface area contributed by atoms with Crippen molar-refractivity contribution in [1.82, 2.24) is 24.1 Å². The van der Waals surface area contributed by atoms with Crippen molar-refractivity contribution < 1.29 is 4.79 Å². The van der Waals surface area contributed by atoms with Gasteiger partial charge >= 0.3 is 6.03 Å². The number of hydrogen-bond donors (Lipinski definition) is 0. The molecule has 0 radical (unpaired) electrons. The predicted molar refractivity (Wildman–Crippen MR) is 85.3 cm³/mol. The molecular weight excluding hydrogens is 302 g/mol. The van der Waals surface area contributed by atoms with Crippen LogP contribution < -0.4 is 5.56 Å². The number of hydrogen-bond acceptors (Lipinski definition) is 5. The highest BCUT2D eigenvalue weighted by molar-refractivity contribution is 7.15. The van der Waals surface area contributed by atoms with E-state index >= 15 is 0 Å². The smallest absolute Gasteiger partial charge is 0.319 e. The van der Waals surface area contributed by atoms with Crippen LogP contribution in [-0.4, -0.2) is 70.4 Å². The molecule has 0 N–H and O–H groups in total. The minimum atomic E-state index is -0.0392. The maximum atomic E-state index is 12.0. The Hall–Kier alpha value is -1.93. The molecule has 0 saturated carbocycles. The summed E-state index contributed by atoms with van der Waals surface area (Å²) in [5, 5.41) is 1.86. The number of urea groups is 1. The number of carbonyl (C=O) groups excluding carboxylic acids is 1. The number of fused-ring (bicyclic) bond motifs is 1. The number of thiazole rings is 1. The van der Waals surface area contributed by atoms with Crippen molar-refractivity contribution >= 4 is 22.3 Å². The van der Waals surface area contributed by atoms with Gasteiger partial charge in [0, 0.05) is 64.5 Å². The molecule has 0 spiro atoms. The lowest BCUT2D eigenvalue weighted by atomic mass is 10.3. The van der Waals surface area contributed by atoms with Crippen molar-refractivity contribution in [3.8, 4) is 0 Å². The molecule has 1 saturated heterocycles. The summed E-state index contributed by atoms with van der Waals surface area (Å²) in [5.41, 5.74) is 0.752. The normalized spacial score (nSPS) is 16.2. The maximum Gasteiger partial charge on any atom is 0.319 e. The zero-order valence-electron chi connectivity index (χ0n) is 12.7. The standard InChI is InChI=1S/C14H19N5O2S/c1-16(2)14(21)18-5-3-17(4-6-18)10-11-9-12(20)19-7-8-22-13(19)15-11/h7-9H,3-6,10H2,1-2H3. The van der Waals surface area contributed by atoms with Gasteiger partial charge in [-0.3, -0.25) is 14.1 Å². The molecule has 1 aliphatic heterocycles. The Balaban J connectivity index is 1.64. The molecule has 0 atom stereocenters. The fraction of sp³-hybridized carbons (Fsp3) is 0.500. The second kappa shape index (κ2) is 6.05. The molecule has 8 heteroatoms. The summed E-state index contributed by atoms with van der Waals surface area (Å²) in [5.74, 6) is 0. The molecule has 2 aromatic heterocycles. The van der Waals surface area contributed by atoms with Gasteiger partial charge in [0.15, 0.2) is 4.96 Å². The highest BCUT2D eigenvalue weighted by Crippen LogP contribution is 2.10. The van der Waals surface area contributed by atoms with Gasteiger partial charge in [-0.05, 0) is 0 Å². The third-order valence-electron chi connectivity index (χ3n) is 3.77. The molecule has 2 amide bonds. The number of nitrogens with zero attached hydrogens (tertiary/aromatic N) is 5. The summed E-state index contributed by atoms with van der Waals surface area (Å²) in [4.78, 5) is 34.8. The van der Waals surface area contributed by atoms with Crippen LogP contribution in [0.2, 0.25) is 0 Å². The molecule has 22 heavy (non-hydrogen) atoms. The Morgan fingerprint density at radius 3 is 2.73 bits per heavy atom. The highest BCUT2D eigenvalue weighted by atomic mass is 32.1. The Morgan fingerprint density at radius 1 is 1.32 bits per heavy atom. The first-order valence-corrected chi connectivity index (χ1v) is 8.07. The van der Waals surface area contributed by atoms with Gasteiger partial charge in [0.05, 0.1) is 5.69 Å². The molecular formula is C14H19N5O2S. The van der Waals surface area contributed by atoms with Gasteiger partial charge in [-0.25, -0.2) is 9.78 Å². The quantitative estimate of drug-likeness (QED) is 0.811. The first kappa shape index (κ1) is 15.0. The summed E-state index contributed by atoms with van der Waals surface area (Å²) in [7, 11) is 3.53. The molecule has 0 bridgehead atoms. The van der Waals surface area contributed by atoms with Crippen LogP contribution in [-0.2, 0) is 6.54 Å². The van der Waals surface area contributed by atoms with E-state index in [-0.39, 0.29) is 11.6 Å². The molecule has 2 aromatic rings. The van der Waals surface area contributed by atoms with Gasteiger partial charge in [-0.2, -0.15) is 0 Å². The molecule has 0 aliphatic carbocycles. The van der Waals surface area contributed by atoms with Gasteiger partial charge in [0.25, 0.3) is 5.56 Å². The second-order valence-corrected chi connectivity index (χ2v) is 6.45. The SMILES string of the molecule is CN(C)C(=O)N1CCN(Cc2cc(=O)n3ccsc3n2)CC1. The number of piperazine rings is 1. The maximum absolute atomic E-state index is 12.0. The zero-order valence-corrected chi connectivity index (χ0v) is 13.5. The molecule has 0 unspecified atom stereocenters. The molecule has 0 aromatic carbocycles. The van der Waals surface area contributed by atoms with Crippen molar-refractivity contribution in [2.24, 2.45) is 0 Å². The second-order valence-electron chi connectivity index (χ2n) is 5.58. The summed E-state index contributed by atoms with van der Waals surface area (Å²) in [6.45, 7) is 3.65. The highest BCUT2D eigenvalue weighted by Gasteiger charge is 2.22. The van der Waals surface area contributed by atoms with E-state index < -0.39 is 0 Å². The number of aromatic nitrogens is 2. The van der Waals surface area contributed by atoms with Crippen LogP contribution in [0.5, 0.6) is 0 Å². The third kappa shape index (κ3) is 2.97. The summed E-state index contributed by atoms with van der Waals surface area (Å²) in [6.07, 6.45) is 1.74. The predicted octanol–water partition coefficient (Wildman–Crippen LogP) is 0.555. The van der Waals surface area contributed by atoms with E-state index in [4.69, 9.17) is 0 Å². The van der Waals surface area contributed by atoms with Crippen LogP contribution in [0.4, 0.5) is 4.79 Å². The topological polar surface area (TPSA) is 61.2 Å². The summed E-state index contributed by atoms with van der Waals surface area (Å²) in [6, 6.07) is 1.65. The fourth-order valence-electron chi connectivity index (χ4n) is 2.58. The van der Waals surface area contributed by atoms with Gasteiger partial charge < -0.3 is 9.80 Å². The molecule has 3 rings (SSSR count). The van der Waals surface area contributed by atoms with E-state index in [0.717, 1.165) is 23.7 Å². The molecule has 118 valence electrons. The summed E-state index contributed by atoms with van der Waals surface area (Å²) >= 11 is 1.46. The van der Waals surface area contributed by atoms with Gasteiger partial charge in [-0.1, -0.05) is 0 Å². The third-order valence-corrected chi connectivity index (χ3v) is 4.52. The van der Waals surface area contributed by atoms with Crippen LogP contribution in [0.25, 0.3) is 4.96 Å². The lowest BCUT2D eigenvalue weighted by Gasteiger charge is -2.35. The van der Waals surface area contributed by atoms with E-state index in [1.165, 1.54) is 11.3 Å². The molecule has 7 nitrogen and oxygen atoms in total. The molecule has 3 heterocycles. The Kier molecular flexibility index (Phi) is 4.12. The fourth-order valence-corrected chi connectivity index (χ4v) is 3.32. The Labute approximate surface area is 132 Å². The van der Waals surface area contributed by atoms with Crippen molar-refractivity contribution in [3.63, 3.8) is 0 Å². The van der Waals surface area contributed by atoms with Crippen molar-refractivity contribution in [3.05, 3.63) is 33.7 Å². The van der Waals surface area contributed by atoms with E-state index in [1.807, 2.05) is 10.3 Å². The average molecular weight is 321 g/mol. The van der Waals surface area contributed by atoms with Crippen molar-refractivity contribution in [2.45, 2.75) is 6.54 Å². The monoisotopic (exact) mass is 321 g/mol.